The lowest BCUT2D eigenvalue weighted by Crippen LogP contribution is -2.52. The predicted molar refractivity (Wildman–Crippen MR) is 156 cm³/mol. The standard InChI is InChI=1S/C29H34ClN3O6S/c1-5-25(29(35)31-2)32(18-17-21-9-7-6-8-10-21)28(34)20-33(23-13-11-22(30)12-14-23)40(36,37)24-15-16-26(38-3)27(19-24)39-4/h6-16,19,25H,5,17-18,20H2,1-4H3,(H,31,35). The van der Waals surface area contributed by atoms with Crippen LogP contribution in [0.15, 0.2) is 77.7 Å². The SMILES string of the molecule is CCC(C(=O)NC)N(CCc1ccccc1)C(=O)CN(c1ccc(Cl)cc1)S(=O)(=O)c1ccc(OC)c(OC)c1. The van der Waals surface area contributed by atoms with Gasteiger partial charge in [-0.15, -0.1) is 0 Å². The van der Waals surface area contributed by atoms with Crippen LogP contribution >= 0.6 is 11.6 Å². The molecule has 0 aromatic heterocycles. The summed E-state index contributed by atoms with van der Waals surface area (Å²) >= 11 is 6.07. The molecule has 1 unspecified atom stereocenters. The van der Waals surface area contributed by atoms with Crippen molar-refractivity contribution in [2.75, 3.05) is 38.7 Å². The highest BCUT2D eigenvalue weighted by atomic mass is 35.5. The zero-order chi connectivity index (χ0) is 29.3. The first-order valence-electron chi connectivity index (χ1n) is 12.7. The largest absolute Gasteiger partial charge is 0.493 e. The summed E-state index contributed by atoms with van der Waals surface area (Å²) in [4.78, 5) is 28.0. The van der Waals surface area contributed by atoms with Gasteiger partial charge >= 0.3 is 0 Å². The number of rotatable bonds is 13. The molecule has 0 aliphatic heterocycles. The Kier molecular flexibility index (Phi) is 10.8. The molecule has 9 nitrogen and oxygen atoms in total. The first-order chi connectivity index (χ1) is 19.2. The lowest BCUT2D eigenvalue weighted by atomic mass is 10.1. The van der Waals surface area contributed by atoms with E-state index < -0.39 is 28.5 Å². The second kappa shape index (κ2) is 14.0. The van der Waals surface area contributed by atoms with Gasteiger partial charge in [-0.25, -0.2) is 8.42 Å². The van der Waals surface area contributed by atoms with Gasteiger partial charge in [0, 0.05) is 24.7 Å². The molecule has 0 aliphatic rings. The van der Waals surface area contributed by atoms with Gasteiger partial charge in [-0.1, -0.05) is 48.9 Å². The molecule has 0 bridgehead atoms. The van der Waals surface area contributed by atoms with Crippen molar-refractivity contribution in [3.63, 3.8) is 0 Å². The number of hydrogen-bond donors (Lipinski definition) is 1. The van der Waals surface area contributed by atoms with Crippen LogP contribution < -0.4 is 19.1 Å². The van der Waals surface area contributed by atoms with E-state index in [9.17, 15) is 18.0 Å². The van der Waals surface area contributed by atoms with Gasteiger partial charge < -0.3 is 19.7 Å². The lowest BCUT2D eigenvalue weighted by molar-refractivity contribution is -0.139. The molecule has 1 atom stereocenters. The number of carbonyl (C=O) groups is 2. The summed E-state index contributed by atoms with van der Waals surface area (Å²) < 4.78 is 39.6. The van der Waals surface area contributed by atoms with E-state index in [4.69, 9.17) is 21.1 Å². The Balaban J connectivity index is 2.04. The smallest absolute Gasteiger partial charge is 0.264 e. The summed E-state index contributed by atoms with van der Waals surface area (Å²) in [5.41, 5.74) is 1.23. The highest BCUT2D eigenvalue weighted by Gasteiger charge is 2.33. The second-order valence-electron chi connectivity index (χ2n) is 8.87. The fraction of sp³-hybridized carbons (Fsp3) is 0.310. The molecule has 0 heterocycles. The van der Waals surface area contributed by atoms with E-state index in [1.165, 1.54) is 56.5 Å². The molecule has 214 valence electrons. The normalized spacial score (nSPS) is 11.8. The maximum absolute atomic E-state index is 14.0. The van der Waals surface area contributed by atoms with E-state index in [-0.39, 0.29) is 28.8 Å². The maximum Gasteiger partial charge on any atom is 0.264 e. The van der Waals surface area contributed by atoms with Gasteiger partial charge in [0.25, 0.3) is 10.0 Å². The highest BCUT2D eigenvalue weighted by molar-refractivity contribution is 7.92. The molecule has 3 rings (SSSR count). The molecule has 2 amide bonds. The van der Waals surface area contributed by atoms with Crippen LogP contribution in [0.4, 0.5) is 5.69 Å². The van der Waals surface area contributed by atoms with Gasteiger partial charge in [0.05, 0.1) is 24.8 Å². The molecule has 0 fully saturated rings. The summed E-state index contributed by atoms with van der Waals surface area (Å²) in [7, 11) is 0.0900. The summed E-state index contributed by atoms with van der Waals surface area (Å²) in [6, 6.07) is 19.1. The van der Waals surface area contributed by atoms with Crippen molar-refractivity contribution >= 4 is 39.1 Å². The summed E-state index contributed by atoms with van der Waals surface area (Å²) in [6.45, 7) is 1.49. The Morgan fingerprint density at radius 2 is 1.60 bits per heavy atom. The van der Waals surface area contributed by atoms with Crippen LogP contribution in [0.25, 0.3) is 0 Å². The Morgan fingerprint density at radius 1 is 0.950 bits per heavy atom. The maximum atomic E-state index is 14.0. The fourth-order valence-corrected chi connectivity index (χ4v) is 5.86. The van der Waals surface area contributed by atoms with Crippen LogP contribution in [-0.4, -0.2) is 65.5 Å². The number of nitrogens with zero attached hydrogens (tertiary/aromatic N) is 2. The van der Waals surface area contributed by atoms with E-state index in [0.29, 0.717) is 23.6 Å². The van der Waals surface area contributed by atoms with Crippen LogP contribution in [-0.2, 0) is 26.0 Å². The van der Waals surface area contributed by atoms with E-state index in [1.807, 2.05) is 30.3 Å². The van der Waals surface area contributed by atoms with Crippen molar-refractivity contribution in [2.45, 2.75) is 30.7 Å². The van der Waals surface area contributed by atoms with Crippen molar-refractivity contribution in [1.82, 2.24) is 10.2 Å². The zero-order valence-corrected chi connectivity index (χ0v) is 24.5. The lowest BCUT2D eigenvalue weighted by Gasteiger charge is -2.33. The molecule has 1 N–H and O–H groups in total. The minimum atomic E-state index is -4.27. The van der Waals surface area contributed by atoms with Crippen LogP contribution in [0.2, 0.25) is 5.02 Å². The third kappa shape index (κ3) is 7.25. The predicted octanol–water partition coefficient (Wildman–Crippen LogP) is 4.15. The van der Waals surface area contributed by atoms with Gasteiger partial charge in [-0.05, 0) is 54.8 Å². The van der Waals surface area contributed by atoms with Gasteiger partial charge in [0.2, 0.25) is 11.8 Å². The molecule has 0 radical (unpaired) electrons. The minimum absolute atomic E-state index is 0.0953. The number of halogens is 1. The summed E-state index contributed by atoms with van der Waals surface area (Å²) in [5, 5.41) is 3.03. The minimum Gasteiger partial charge on any atom is -0.493 e. The molecule has 40 heavy (non-hydrogen) atoms. The summed E-state index contributed by atoms with van der Waals surface area (Å²) in [5.74, 6) is -0.268. The van der Waals surface area contributed by atoms with Crippen LogP contribution in [0, 0.1) is 0 Å². The molecular weight excluding hydrogens is 554 g/mol. The van der Waals surface area contributed by atoms with Gasteiger partial charge in [-0.2, -0.15) is 0 Å². The second-order valence-corrected chi connectivity index (χ2v) is 11.2. The van der Waals surface area contributed by atoms with Crippen molar-refractivity contribution in [3.05, 3.63) is 83.4 Å². The van der Waals surface area contributed by atoms with Crippen LogP contribution in [0.1, 0.15) is 18.9 Å². The number of sulfonamides is 1. The topological polar surface area (TPSA) is 105 Å². The molecule has 0 spiro atoms. The molecular formula is C29H34ClN3O6S. The molecule has 0 saturated heterocycles. The van der Waals surface area contributed by atoms with Crippen molar-refractivity contribution in [1.29, 1.82) is 0 Å². The molecule has 11 heteroatoms. The Labute approximate surface area is 240 Å². The van der Waals surface area contributed by atoms with Gasteiger partial charge in [-0.3, -0.25) is 13.9 Å². The molecule has 0 saturated carbocycles. The number of amides is 2. The zero-order valence-electron chi connectivity index (χ0n) is 23.0. The van der Waals surface area contributed by atoms with Crippen molar-refractivity contribution in [3.8, 4) is 11.5 Å². The van der Waals surface area contributed by atoms with Crippen LogP contribution in [0.3, 0.4) is 0 Å². The first kappa shape index (κ1) is 30.8. The Morgan fingerprint density at radius 3 is 2.17 bits per heavy atom. The highest BCUT2D eigenvalue weighted by Crippen LogP contribution is 2.32. The fourth-order valence-electron chi connectivity index (χ4n) is 4.30. The van der Waals surface area contributed by atoms with Gasteiger partial charge in [0.15, 0.2) is 11.5 Å². The van der Waals surface area contributed by atoms with E-state index in [0.717, 1.165) is 9.87 Å². The van der Waals surface area contributed by atoms with E-state index >= 15 is 0 Å². The Hall–Kier alpha value is -3.76. The van der Waals surface area contributed by atoms with Crippen LogP contribution in [0.5, 0.6) is 11.5 Å². The van der Waals surface area contributed by atoms with E-state index in [1.54, 1.807) is 19.1 Å². The first-order valence-corrected chi connectivity index (χ1v) is 14.5. The van der Waals surface area contributed by atoms with Crippen molar-refractivity contribution < 1.29 is 27.5 Å². The van der Waals surface area contributed by atoms with Gasteiger partial charge in [0.1, 0.15) is 12.6 Å². The molecule has 3 aromatic rings. The number of methoxy groups -OCH3 is 2. The van der Waals surface area contributed by atoms with Crippen molar-refractivity contribution in [2.24, 2.45) is 0 Å². The number of hydrogen-bond acceptors (Lipinski definition) is 6. The van der Waals surface area contributed by atoms with E-state index in [2.05, 4.69) is 5.32 Å². The molecule has 3 aromatic carbocycles. The number of benzene rings is 3. The number of carbonyl (C=O) groups excluding carboxylic acids is 2. The average Bonchev–Trinajstić information content (AvgIpc) is 2.98. The third-order valence-electron chi connectivity index (χ3n) is 6.45. The number of anilines is 1. The average molecular weight is 588 g/mol. The third-order valence-corrected chi connectivity index (χ3v) is 8.47. The number of likely N-dealkylation sites (N-methyl/N-ethyl adjacent to an activating group) is 1. The Bertz CT molecular complexity index is 1400. The summed E-state index contributed by atoms with van der Waals surface area (Å²) in [6.07, 6.45) is 0.840. The number of ether oxygens (including phenoxy) is 2. The number of nitrogens with one attached hydrogen (secondary N) is 1. The quantitative estimate of drug-likeness (QED) is 0.322. The monoisotopic (exact) mass is 587 g/mol. The molecule has 0 aliphatic carbocycles.